The van der Waals surface area contributed by atoms with E-state index in [0.717, 1.165) is 57.6 Å². The molecule has 39 heavy (non-hydrogen) atoms. The Morgan fingerprint density at radius 1 is 0.667 bits per heavy atom. The maximum atomic E-state index is 4.20. The number of benzene rings is 4. The van der Waals surface area contributed by atoms with Gasteiger partial charge in [-0.15, -0.1) is 28.5 Å². The Morgan fingerprint density at radius 3 is 1.77 bits per heavy atom. The van der Waals surface area contributed by atoms with Crippen molar-refractivity contribution in [2.24, 2.45) is 30.7 Å². The van der Waals surface area contributed by atoms with Crippen molar-refractivity contribution in [2.45, 2.75) is 40.8 Å². The summed E-state index contributed by atoms with van der Waals surface area (Å²) in [6, 6.07) is 24.3. The zero-order chi connectivity index (χ0) is 27.5. The number of hydrogen-bond acceptors (Lipinski definition) is 7. The average Bonchev–Trinajstić information content (AvgIpc) is 2.90. The molecule has 0 unspecified atom stereocenters. The summed E-state index contributed by atoms with van der Waals surface area (Å²) in [7, 11) is 5.02. The number of aryl methyl sites for hydroxylation is 4. The monoisotopic (exact) mass is 595 g/mol. The number of fused-ring (bicyclic) bond motifs is 1. The van der Waals surface area contributed by atoms with E-state index in [9.17, 15) is 0 Å². The summed E-state index contributed by atoms with van der Waals surface area (Å²) < 4.78 is 0. The summed E-state index contributed by atoms with van der Waals surface area (Å²) in [5.41, 5.74) is 9.71. The van der Waals surface area contributed by atoms with Gasteiger partial charge in [-0.2, -0.15) is 30.7 Å². The molecule has 1 N–H and O–H groups in total. The predicted molar refractivity (Wildman–Crippen MR) is 156 cm³/mol. The second-order valence-corrected chi connectivity index (χ2v) is 9.09. The molecule has 0 bridgehead atoms. The van der Waals surface area contributed by atoms with Crippen LogP contribution in [0.1, 0.15) is 33.4 Å². The average molecular weight is 596 g/mol. The number of azo groups is 3. The molecular formula is C31H36N7Y-. The first-order chi connectivity index (χ1) is 18.4. The van der Waals surface area contributed by atoms with Crippen molar-refractivity contribution in [3.8, 4) is 0 Å². The zero-order valence-corrected chi connectivity index (χ0v) is 26.8. The summed E-state index contributed by atoms with van der Waals surface area (Å²) in [5, 5.41) is 29.4. The molecule has 0 aromatic heterocycles. The van der Waals surface area contributed by atoms with E-state index in [-0.39, 0.29) is 32.7 Å². The SMILES string of the molecule is CN=Nc1[c-]c2c(C)c(N=NC)c(C)cc2cc1C.CN=Nc1ccc(CNCc2ccc(C)cc2)cc1.[Y]. The van der Waals surface area contributed by atoms with Crippen LogP contribution in [-0.4, -0.2) is 21.1 Å². The minimum absolute atomic E-state index is 0. The van der Waals surface area contributed by atoms with E-state index in [4.69, 9.17) is 0 Å². The van der Waals surface area contributed by atoms with Crippen LogP contribution in [0.3, 0.4) is 0 Å². The Labute approximate surface area is 257 Å². The van der Waals surface area contributed by atoms with Gasteiger partial charge >= 0.3 is 0 Å². The van der Waals surface area contributed by atoms with Crippen LogP contribution >= 0.6 is 0 Å². The van der Waals surface area contributed by atoms with Gasteiger partial charge in [0.2, 0.25) is 0 Å². The summed E-state index contributed by atoms with van der Waals surface area (Å²) in [4.78, 5) is 0. The van der Waals surface area contributed by atoms with Crippen molar-refractivity contribution in [2.75, 3.05) is 21.1 Å². The number of nitrogens with one attached hydrogen (secondary N) is 1. The molecule has 0 heterocycles. The van der Waals surface area contributed by atoms with Crippen LogP contribution in [0.2, 0.25) is 0 Å². The smallest absolute Gasteiger partial charge is 0.0852 e. The molecule has 0 aliphatic rings. The van der Waals surface area contributed by atoms with Gasteiger partial charge in [-0.05, 0) is 42.7 Å². The van der Waals surface area contributed by atoms with Crippen molar-refractivity contribution in [1.82, 2.24) is 5.32 Å². The Hall–Kier alpha value is -3.00. The maximum absolute atomic E-state index is 4.20. The van der Waals surface area contributed by atoms with Gasteiger partial charge in [0.15, 0.2) is 0 Å². The first-order valence-corrected chi connectivity index (χ1v) is 12.6. The molecular weight excluding hydrogens is 559 g/mol. The zero-order valence-electron chi connectivity index (χ0n) is 23.9. The maximum Gasteiger partial charge on any atom is 0.0852 e. The largest absolute Gasteiger partial charge is 0.309 e. The summed E-state index contributed by atoms with van der Waals surface area (Å²) in [6.07, 6.45) is 0. The third kappa shape index (κ3) is 9.31. The van der Waals surface area contributed by atoms with Gasteiger partial charge in [-0.3, -0.25) is 0 Å². The molecule has 0 amide bonds. The first kappa shape index (κ1) is 32.2. The summed E-state index contributed by atoms with van der Waals surface area (Å²) in [5.74, 6) is 0. The van der Waals surface area contributed by atoms with E-state index in [0.29, 0.717) is 0 Å². The molecule has 0 spiro atoms. The molecule has 4 rings (SSSR count). The van der Waals surface area contributed by atoms with Crippen molar-refractivity contribution < 1.29 is 32.7 Å². The van der Waals surface area contributed by atoms with E-state index in [1.165, 1.54) is 16.7 Å². The van der Waals surface area contributed by atoms with Gasteiger partial charge in [0.25, 0.3) is 0 Å². The van der Waals surface area contributed by atoms with Crippen LogP contribution in [-0.2, 0) is 45.8 Å². The number of nitrogens with zero attached hydrogens (tertiary/aromatic N) is 6. The van der Waals surface area contributed by atoms with Crippen LogP contribution in [0.5, 0.6) is 0 Å². The van der Waals surface area contributed by atoms with E-state index in [2.05, 4.69) is 97.5 Å². The molecule has 4 aromatic carbocycles. The first-order valence-electron chi connectivity index (χ1n) is 12.6. The van der Waals surface area contributed by atoms with Crippen LogP contribution < -0.4 is 5.32 Å². The standard InChI is InChI=1S/C16H19N3.C15H17N4.Y/c1-13-3-5-14(6-4-13)11-18-12-15-7-9-16(10-8-15)19-17-2;1-9-6-12-7-10(2)15(19-17-5)11(3)13(12)8-14(9)18-16-4;/h3-10,18H,11-12H2,1-2H3;6-7H,1-5H3;/q;-1;. The third-order valence-electron chi connectivity index (χ3n) is 6.08. The normalized spacial score (nSPS) is 11.3. The third-order valence-corrected chi connectivity index (χ3v) is 6.08. The topological polar surface area (TPSA) is 86.2 Å². The molecule has 7 nitrogen and oxygen atoms in total. The van der Waals surface area contributed by atoms with E-state index < -0.39 is 0 Å². The van der Waals surface area contributed by atoms with E-state index in [1.54, 1.807) is 21.1 Å². The molecule has 0 fully saturated rings. The van der Waals surface area contributed by atoms with Gasteiger partial charge in [0.05, 0.1) is 5.69 Å². The molecule has 0 aliphatic heterocycles. The van der Waals surface area contributed by atoms with Crippen LogP contribution in [0.15, 0.2) is 91.3 Å². The van der Waals surface area contributed by atoms with Crippen molar-refractivity contribution >= 4 is 27.8 Å². The predicted octanol–water partition coefficient (Wildman–Crippen LogP) is 8.99. The van der Waals surface area contributed by atoms with Gasteiger partial charge in [-0.25, -0.2) is 0 Å². The molecule has 0 saturated heterocycles. The Morgan fingerprint density at radius 2 is 1.21 bits per heavy atom. The van der Waals surface area contributed by atoms with Gasteiger partial charge in [-0.1, -0.05) is 67.4 Å². The van der Waals surface area contributed by atoms with Crippen LogP contribution in [0.25, 0.3) is 10.8 Å². The molecule has 1 radical (unpaired) electrons. The van der Waals surface area contributed by atoms with E-state index >= 15 is 0 Å². The quantitative estimate of drug-likeness (QED) is 0.168. The number of rotatable bonds is 7. The van der Waals surface area contributed by atoms with E-state index in [1.807, 2.05) is 32.9 Å². The summed E-state index contributed by atoms with van der Waals surface area (Å²) in [6.45, 7) is 9.95. The number of hydrogen-bond donors (Lipinski definition) is 1. The van der Waals surface area contributed by atoms with Gasteiger partial charge in [0, 0.05) is 78.3 Å². The van der Waals surface area contributed by atoms with Crippen molar-refractivity contribution in [3.05, 3.63) is 100 Å². The molecule has 0 aliphatic carbocycles. The van der Waals surface area contributed by atoms with Gasteiger partial charge < -0.3 is 5.32 Å². The Kier molecular flexibility index (Phi) is 13.4. The minimum atomic E-state index is 0. The molecule has 199 valence electrons. The molecule has 0 atom stereocenters. The fraction of sp³-hybridized carbons (Fsp3) is 0.290. The van der Waals surface area contributed by atoms with Crippen molar-refractivity contribution in [1.29, 1.82) is 0 Å². The molecule has 8 heteroatoms. The second kappa shape index (κ2) is 16.2. The Balaban J connectivity index is 0.000000267. The van der Waals surface area contributed by atoms with Crippen molar-refractivity contribution in [3.63, 3.8) is 0 Å². The van der Waals surface area contributed by atoms with Gasteiger partial charge in [0.1, 0.15) is 0 Å². The molecule has 4 aromatic rings. The Bertz CT molecular complexity index is 1440. The second-order valence-electron chi connectivity index (χ2n) is 9.09. The fourth-order valence-electron chi connectivity index (χ4n) is 4.11. The van der Waals surface area contributed by atoms with Crippen LogP contribution in [0, 0.1) is 33.8 Å². The minimum Gasteiger partial charge on any atom is -0.309 e. The van der Waals surface area contributed by atoms with Crippen LogP contribution in [0.4, 0.5) is 17.1 Å². The fourth-order valence-corrected chi connectivity index (χ4v) is 4.11. The summed E-state index contributed by atoms with van der Waals surface area (Å²) >= 11 is 0. The molecule has 0 saturated carbocycles.